The Morgan fingerprint density at radius 2 is 2.29 bits per heavy atom. The summed E-state index contributed by atoms with van der Waals surface area (Å²) in [6.45, 7) is 2.37. The van der Waals surface area contributed by atoms with Gasteiger partial charge in [-0.3, -0.25) is 0 Å². The molecule has 0 aliphatic carbocycles. The van der Waals surface area contributed by atoms with Crippen LogP contribution < -0.4 is 5.32 Å². The van der Waals surface area contributed by atoms with Crippen LogP contribution in [0.1, 0.15) is 43.7 Å². The summed E-state index contributed by atoms with van der Waals surface area (Å²) >= 11 is 0. The van der Waals surface area contributed by atoms with E-state index in [2.05, 4.69) is 10.2 Å². The third-order valence-corrected chi connectivity index (χ3v) is 4.52. The molecule has 2 rings (SSSR count). The van der Waals surface area contributed by atoms with Crippen LogP contribution in [-0.4, -0.2) is 42.8 Å². The summed E-state index contributed by atoms with van der Waals surface area (Å²) in [5, 5.41) is 12.5. The van der Waals surface area contributed by atoms with Gasteiger partial charge in [-0.15, -0.1) is 0 Å². The Morgan fingerprint density at radius 3 is 3.00 bits per heavy atom. The molecule has 0 spiro atoms. The zero-order valence-corrected chi connectivity index (χ0v) is 12.9. The van der Waals surface area contributed by atoms with Gasteiger partial charge in [-0.05, 0) is 57.0 Å². The van der Waals surface area contributed by atoms with Gasteiger partial charge in [0.05, 0.1) is 0 Å². The van der Waals surface area contributed by atoms with Crippen LogP contribution in [-0.2, 0) is 0 Å². The molecule has 0 amide bonds. The van der Waals surface area contributed by atoms with Crippen LogP contribution in [0.4, 0.5) is 4.39 Å². The second kappa shape index (κ2) is 8.47. The largest absolute Gasteiger partial charge is 0.396 e. The Balaban J connectivity index is 1.92. The molecule has 1 aromatic carbocycles. The highest BCUT2D eigenvalue weighted by atomic mass is 19.1. The highest BCUT2D eigenvalue weighted by molar-refractivity contribution is 5.20. The van der Waals surface area contributed by atoms with Gasteiger partial charge in [0.25, 0.3) is 0 Å². The Bertz CT molecular complexity index is 425. The average molecular weight is 294 g/mol. The molecule has 21 heavy (non-hydrogen) atoms. The van der Waals surface area contributed by atoms with E-state index in [9.17, 15) is 9.50 Å². The molecular formula is C17H27FN2O. The first kappa shape index (κ1) is 16.4. The number of benzene rings is 1. The van der Waals surface area contributed by atoms with Crippen molar-refractivity contribution in [1.82, 2.24) is 10.2 Å². The number of hydrogen-bond acceptors (Lipinski definition) is 3. The predicted octanol–water partition coefficient (Wildman–Crippen LogP) is 2.71. The smallest absolute Gasteiger partial charge is 0.123 e. The highest BCUT2D eigenvalue weighted by Crippen LogP contribution is 2.23. The van der Waals surface area contributed by atoms with Crippen molar-refractivity contribution in [2.24, 2.45) is 0 Å². The normalized spacial score (nSPS) is 21.4. The number of piperidine rings is 1. The first-order chi connectivity index (χ1) is 10.2. The molecule has 3 nitrogen and oxygen atoms in total. The lowest BCUT2D eigenvalue weighted by Crippen LogP contribution is -2.41. The predicted molar refractivity (Wildman–Crippen MR) is 83.7 cm³/mol. The van der Waals surface area contributed by atoms with Gasteiger partial charge in [0.15, 0.2) is 0 Å². The molecule has 118 valence electrons. The number of hydrogen-bond donors (Lipinski definition) is 2. The molecule has 1 aliphatic heterocycles. The van der Waals surface area contributed by atoms with Crippen LogP contribution in [0.3, 0.4) is 0 Å². The van der Waals surface area contributed by atoms with Crippen LogP contribution in [0.2, 0.25) is 0 Å². The Kier molecular flexibility index (Phi) is 6.61. The maximum atomic E-state index is 13.4. The molecule has 2 unspecified atom stereocenters. The monoisotopic (exact) mass is 294 g/mol. The summed E-state index contributed by atoms with van der Waals surface area (Å²) in [5.74, 6) is -0.177. The highest BCUT2D eigenvalue weighted by Gasteiger charge is 2.22. The summed E-state index contributed by atoms with van der Waals surface area (Å²) in [5.41, 5.74) is 1.01. The molecule has 0 saturated carbocycles. The summed E-state index contributed by atoms with van der Waals surface area (Å²) in [6.07, 6.45) is 5.52. The summed E-state index contributed by atoms with van der Waals surface area (Å²) in [6, 6.07) is 7.53. The molecule has 2 N–H and O–H groups in total. The van der Waals surface area contributed by atoms with Crippen LogP contribution >= 0.6 is 0 Å². The fourth-order valence-electron chi connectivity index (χ4n) is 3.33. The van der Waals surface area contributed by atoms with E-state index >= 15 is 0 Å². The van der Waals surface area contributed by atoms with Gasteiger partial charge in [0.2, 0.25) is 0 Å². The van der Waals surface area contributed by atoms with Crippen molar-refractivity contribution < 1.29 is 9.50 Å². The van der Waals surface area contributed by atoms with Crippen molar-refractivity contribution in [3.63, 3.8) is 0 Å². The number of nitrogens with one attached hydrogen (secondary N) is 1. The lowest BCUT2D eigenvalue weighted by atomic mass is 9.97. The number of aliphatic hydroxyl groups is 1. The second-order valence-corrected chi connectivity index (χ2v) is 5.88. The number of likely N-dealkylation sites (tertiary alicyclic amines) is 1. The molecule has 0 radical (unpaired) electrons. The molecule has 0 aromatic heterocycles. The Morgan fingerprint density at radius 1 is 1.43 bits per heavy atom. The minimum atomic E-state index is -0.177. The summed E-state index contributed by atoms with van der Waals surface area (Å²) in [7, 11) is 1.93. The number of aliphatic hydroxyl groups excluding tert-OH is 1. The van der Waals surface area contributed by atoms with Crippen LogP contribution in [0.15, 0.2) is 24.3 Å². The fourth-order valence-corrected chi connectivity index (χ4v) is 3.33. The molecule has 1 aromatic rings. The number of rotatable bonds is 7. The van der Waals surface area contributed by atoms with E-state index < -0.39 is 0 Å². The number of halogens is 1. The lowest BCUT2D eigenvalue weighted by molar-refractivity contribution is 0.114. The van der Waals surface area contributed by atoms with Crippen molar-refractivity contribution in [2.45, 2.75) is 44.2 Å². The lowest BCUT2D eigenvalue weighted by Gasteiger charge is -2.36. The third-order valence-electron chi connectivity index (χ3n) is 4.52. The molecule has 2 atom stereocenters. The maximum Gasteiger partial charge on any atom is 0.123 e. The van der Waals surface area contributed by atoms with Crippen molar-refractivity contribution in [3.05, 3.63) is 35.6 Å². The minimum Gasteiger partial charge on any atom is -0.396 e. The first-order valence-corrected chi connectivity index (χ1v) is 8.02. The second-order valence-electron chi connectivity index (χ2n) is 5.88. The zero-order valence-electron chi connectivity index (χ0n) is 12.9. The van der Waals surface area contributed by atoms with Crippen molar-refractivity contribution >= 4 is 0 Å². The van der Waals surface area contributed by atoms with Crippen molar-refractivity contribution in [1.29, 1.82) is 0 Å². The fraction of sp³-hybridized carbons (Fsp3) is 0.647. The molecule has 1 aliphatic rings. The summed E-state index contributed by atoms with van der Waals surface area (Å²) < 4.78 is 13.4. The summed E-state index contributed by atoms with van der Waals surface area (Å²) in [4.78, 5) is 2.49. The SMILES string of the molecule is CNC(CCN1CCCCC1CCO)c1cccc(F)c1. The molecule has 1 saturated heterocycles. The van der Waals surface area contributed by atoms with Gasteiger partial charge in [-0.2, -0.15) is 0 Å². The van der Waals surface area contributed by atoms with E-state index in [4.69, 9.17) is 0 Å². The quantitative estimate of drug-likeness (QED) is 0.811. The van der Waals surface area contributed by atoms with Gasteiger partial charge in [-0.1, -0.05) is 18.6 Å². The Labute approximate surface area is 127 Å². The standard InChI is InChI=1S/C17H27FN2O/c1-19-17(14-5-4-6-15(18)13-14)8-11-20-10-3-2-7-16(20)9-12-21/h4-6,13,16-17,19,21H,2-3,7-12H2,1H3. The van der Waals surface area contributed by atoms with Crippen molar-refractivity contribution in [3.8, 4) is 0 Å². The van der Waals surface area contributed by atoms with Crippen LogP contribution in [0, 0.1) is 5.82 Å². The topological polar surface area (TPSA) is 35.5 Å². The van der Waals surface area contributed by atoms with E-state index in [1.807, 2.05) is 13.1 Å². The third kappa shape index (κ3) is 4.77. The van der Waals surface area contributed by atoms with E-state index in [1.165, 1.54) is 25.3 Å². The van der Waals surface area contributed by atoms with Gasteiger partial charge in [0, 0.05) is 25.2 Å². The van der Waals surface area contributed by atoms with Gasteiger partial charge in [0.1, 0.15) is 5.82 Å². The van der Waals surface area contributed by atoms with Gasteiger partial charge < -0.3 is 15.3 Å². The zero-order chi connectivity index (χ0) is 15.1. The molecular weight excluding hydrogens is 267 g/mol. The molecule has 0 bridgehead atoms. The molecule has 4 heteroatoms. The van der Waals surface area contributed by atoms with E-state index in [-0.39, 0.29) is 18.5 Å². The van der Waals surface area contributed by atoms with E-state index in [1.54, 1.807) is 12.1 Å². The molecule has 1 fully saturated rings. The van der Waals surface area contributed by atoms with E-state index in [0.29, 0.717) is 6.04 Å². The minimum absolute atomic E-state index is 0.177. The Hall–Kier alpha value is -0.970. The van der Waals surface area contributed by atoms with Gasteiger partial charge in [-0.25, -0.2) is 4.39 Å². The maximum absolute atomic E-state index is 13.4. The van der Waals surface area contributed by atoms with Crippen LogP contribution in [0.25, 0.3) is 0 Å². The molecule has 1 heterocycles. The van der Waals surface area contributed by atoms with Crippen LogP contribution in [0.5, 0.6) is 0 Å². The van der Waals surface area contributed by atoms with E-state index in [0.717, 1.165) is 31.5 Å². The number of nitrogens with zero attached hydrogens (tertiary/aromatic N) is 1. The average Bonchev–Trinajstić information content (AvgIpc) is 2.50. The van der Waals surface area contributed by atoms with Crippen molar-refractivity contribution in [2.75, 3.05) is 26.7 Å². The van der Waals surface area contributed by atoms with Gasteiger partial charge >= 0.3 is 0 Å². The first-order valence-electron chi connectivity index (χ1n) is 8.02.